The molecule has 0 radical (unpaired) electrons. The van der Waals surface area contributed by atoms with Crippen LogP contribution in [0, 0.1) is 11.6 Å². The van der Waals surface area contributed by atoms with Crippen LogP contribution in [0.3, 0.4) is 0 Å². The molecular formula is C15H10F2N2O2S. The molecule has 3 rings (SSSR count). The molecule has 0 amide bonds. The molecule has 112 valence electrons. The van der Waals surface area contributed by atoms with E-state index in [4.69, 9.17) is 0 Å². The summed E-state index contributed by atoms with van der Waals surface area (Å²) in [6.07, 6.45) is -0.267. The fourth-order valence-electron chi connectivity index (χ4n) is 2.30. The molecule has 22 heavy (non-hydrogen) atoms. The van der Waals surface area contributed by atoms with Crippen LogP contribution in [0.1, 0.15) is 17.0 Å². The zero-order chi connectivity index (χ0) is 15.7. The Morgan fingerprint density at radius 3 is 2.50 bits per heavy atom. The number of carboxylic acid groups (broad SMARTS) is 1. The molecule has 3 aromatic rings. The Balaban J connectivity index is 2.01. The lowest BCUT2D eigenvalue weighted by atomic mass is 9.91. The average molecular weight is 320 g/mol. The number of hydrogen-bond acceptors (Lipinski definition) is 4. The molecule has 4 nitrogen and oxygen atoms in total. The van der Waals surface area contributed by atoms with E-state index in [0.29, 0.717) is 16.6 Å². The minimum atomic E-state index is -1.15. The molecule has 1 atom stereocenters. The SMILES string of the molecule is O=C(O)C(Cc1c(F)cccc1F)c1ccc2nsnc2c1. The summed E-state index contributed by atoms with van der Waals surface area (Å²) in [4.78, 5) is 11.5. The van der Waals surface area contributed by atoms with Crippen LogP contribution in [0.2, 0.25) is 0 Å². The summed E-state index contributed by atoms with van der Waals surface area (Å²) in [5, 5.41) is 9.41. The Kier molecular flexibility index (Phi) is 3.81. The van der Waals surface area contributed by atoms with Gasteiger partial charge in [0.2, 0.25) is 0 Å². The number of aliphatic carboxylic acids is 1. The van der Waals surface area contributed by atoms with Crippen LogP contribution in [0.15, 0.2) is 36.4 Å². The van der Waals surface area contributed by atoms with Crippen LogP contribution in [0.25, 0.3) is 11.0 Å². The van der Waals surface area contributed by atoms with Gasteiger partial charge < -0.3 is 5.11 Å². The first-order valence-electron chi connectivity index (χ1n) is 6.44. The molecule has 2 aromatic carbocycles. The summed E-state index contributed by atoms with van der Waals surface area (Å²) in [5.74, 6) is -3.70. The van der Waals surface area contributed by atoms with E-state index >= 15 is 0 Å². The van der Waals surface area contributed by atoms with E-state index in [1.54, 1.807) is 18.2 Å². The molecule has 1 N–H and O–H groups in total. The zero-order valence-electron chi connectivity index (χ0n) is 11.2. The molecule has 0 fully saturated rings. The number of benzene rings is 2. The number of hydrogen-bond donors (Lipinski definition) is 1. The summed E-state index contributed by atoms with van der Waals surface area (Å²) >= 11 is 1.02. The van der Waals surface area contributed by atoms with Gasteiger partial charge in [-0.05, 0) is 36.2 Å². The molecule has 7 heteroatoms. The van der Waals surface area contributed by atoms with Gasteiger partial charge in [0.25, 0.3) is 0 Å². The maximum absolute atomic E-state index is 13.7. The first kappa shape index (κ1) is 14.5. The number of nitrogens with zero attached hydrogens (tertiary/aromatic N) is 2. The number of aromatic nitrogens is 2. The van der Waals surface area contributed by atoms with Crippen LogP contribution >= 0.6 is 11.7 Å². The lowest BCUT2D eigenvalue weighted by Crippen LogP contribution is -2.16. The van der Waals surface area contributed by atoms with Crippen molar-refractivity contribution in [3.8, 4) is 0 Å². The summed E-state index contributed by atoms with van der Waals surface area (Å²) in [6, 6.07) is 8.33. The van der Waals surface area contributed by atoms with Gasteiger partial charge in [0.15, 0.2) is 0 Å². The molecule has 0 bridgehead atoms. The van der Waals surface area contributed by atoms with Crippen molar-refractivity contribution in [1.29, 1.82) is 0 Å². The van der Waals surface area contributed by atoms with Gasteiger partial charge in [-0.15, -0.1) is 0 Å². The van der Waals surface area contributed by atoms with E-state index in [2.05, 4.69) is 8.75 Å². The third-order valence-corrected chi connectivity index (χ3v) is 4.00. The molecular weight excluding hydrogens is 310 g/mol. The second-order valence-electron chi connectivity index (χ2n) is 4.81. The normalized spacial score (nSPS) is 12.5. The Morgan fingerprint density at radius 2 is 1.82 bits per heavy atom. The highest BCUT2D eigenvalue weighted by Gasteiger charge is 2.24. The van der Waals surface area contributed by atoms with Crippen molar-refractivity contribution < 1.29 is 18.7 Å². The lowest BCUT2D eigenvalue weighted by Gasteiger charge is -2.14. The van der Waals surface area contributed by atoms with Crippen LogP contribution < -0.4 is 0 Å². The first-order chi connectivity index (χ1) is 10.6. The van der Waals surface area contributed by atoms with Gasteiger partial charge in [0, 0.05) is 5.56 Å². The lowest BCUT2D eigenvalue weighted by molar-refractivity contribution is -0.138. The Morgan fingerprint density at radius 1 is 1.14 bits per heavy atom. The number of carbonyl (C=O) groups is 1. The van der Waals surface area contributed by atoms with Gasteiger partial charge in [-0.2, -0.15) is 8.75 Å². The molecule has 0 spiro atoms. The van der Waals surface area contributed by atoms with Gasteiger partial charge >= 0.3 is 5.97 Å². The Labute approximate surface area is 128 Å². The number of rotatable bonds is 4. The fourth-order valence-corrected chi connectivity index (χ4v) is 2.81. The van der Waals surface area contributed by atoms with E-state index in [1.165, 1.54) is 6.07 Å². The van der Waals surface area contributed by atoms with E-state index in [9.17, 15) is 18.7 Å². The van der Waals surface area contributed by atoms with E-state index in [0.717, 1.165) is 23.9 Å². The van der Waals surface area contributed by atoms with Crippen LogP contribution in [0.5, 0.6) is 0 Å². The highest BCUT2D eigenvalue weighted by molar-refractivity contribution is 7.00. The highest BCUT2D eigenvalue weighted by Crippen LogP contribution is 2.26. The summed E-state index contributed by atoms with van der Waals surface area (Å²) in [7, 11) is 0. The minimum absolute atomic E-state index is 0.230. The van der Waals surface area contributed by atoms with Gasteiger partial charge in [0.05, 0.1) is 17.6 Å². The summed E-state index contributed by atoms with van der Waals surface area (Å²) in [6.45, 7) is 0. The van der Waals surface area contributed by atoms with Crippen molar-refractivity contribution in [3.05, 3.63) is 59.2 Å². The third-order valence-electron chi connectivity index (χ3n) is 3.45. The summed E-state index contributed by atoms with van der Waals surface area (Å²) < 4.78 is 35.6. The molecule has 0 saturated heterocycles. The number of halogens is 2. The summed E-state index contributed by atoms with van der Waals surface area (Å²) in [5.41, 5.74) is 1.44. The quantitative estimate of drug-likeness (QED) is 0.800. The smallest absolute Gasteiger partial charge is 0.311 e. The van der Waals surface area contributed by atoms with Crippen molar-refractivity contribution >= 4 is 28.7 Å². The van der Waals surface area contributed by atoms with E-state index < -0.39 is 23.5 Å². The molecule has 0 aliphatic carbocycles. The standard InChI is InChI=1S/C15H10F2N2O2S/c16-11-2-1-3-12(17)10(11)7-9(15(20)21)8-4-5-13-14(6-8)19-22-18-13/h1-6,9H,7H2,(H,20,21). The van der Waals surface area contributed by atoms with Crippen molar-refractivity contribution in [3.63, 3.8) is 0 Å². The Hall–Kier alpha value is -2.41. The fraction of sp³-hybridized carbons (Fsp3) is 0.133. The van der Waals surface area contributed by atoms with Crippen LogP contribution in [-0.2, 0) is 11.2 Å². The van der Waals surface area contributed by atoms with E-state index in [1.807, 2.05) is 0 Å². The Bertz CT molecular complexity index is 830. The zero-order valence-corrected chi connectivity index (χ0v) is 12.0. The second-order valence-corrected chi connectivity index (χ2v) is 5.34. The molecule has 0 aliphatic rings. The predicted octanol–water partition coefficient (Wildman–Crippen LogP) is 3.38. The van der Waals surface area contributed by atoms with Crippen molar-refractivity contribution in [2.45, 2.75) is 12.3 Å². The molecule has 1 heterocycles. The maximum Gasteiger partial charge on any atom is 0.311 e. The number of carboxylic acids is 1. The minimum Gasteiger partial charge on any atom is -0.481 e. The monoisotopic (exact) mass is 320 g/mol. The van der Waals surface area contributed by atoms with Crippen molar-refractivity contribution in [1.82, 2.24) is 8.75 Å². The molecule has 1 unspecified atom stereocenters. The third kappa shape index (κ3) is 2.67. The average Bonchev–Trinajstić information content (AvgIpc) is 2.94. The molecule has 1 aromatic heterocycles. The topological polar surface area (TPSA) is 63.1 Å². The van der Waals surface area contributed by atoms with Crippen LogP contribution in [-0.4, -0.2) is 19.8 Å². The van der Waals surface area contributed by atoms with Crippen LogP contribution in [0.4, 0.5) is 8.78 Å². The van der Waals surface area contributed by atoms with Crippen molar-refractivity contribution in [2.75, 3.05) is 0 Å². The predicted molar refractivity (Wildman–Crippen MR) is 77.9 cm³/mol. The maximum atomic E-state index is 13.7. The first-order valence-corrected chi connectivity index (χ1v) is 7.17. The van der Waals surface area contributed by atoms with Crippen molar-refractivity contribution in [2.24, 2.45) is 0 Å². The van der Waals surface area contributed by atoms with Gasteiger partial charge in [-0.3, -0.25) is 4.79 Å². The highest BCUT2D eigenvalue weighted by atomic mass is 32.1. The second kappa shape index (κ2) is 5.76. The molecule has 0 aliphatic heterocycles. The van der Waals surface area contributed by atoms with Gasteiger partial charge in [0.1, 0.15) is 22.7 Å². The molecule has 0 saturated carbocycles. The van der Waals surface area contributed by atoms with E-state index in [-0.39, 0.29) is 12.0 Å². The van der Waals surface area contributed by atoms with Gasteiger partial charge in [-0.25, -0.2) is 8.78 Å². The number of fused-ring (bicyclic) bond motifs is 1. The largest absolute Gasteiger partial charge is 0.481 e. The van der Waals surface area contributed by atoms with Gasteiger partial charge in [-0.1, -0.05) is 12.1 Å².